The van der Waals surface area contributed by atoms with Crippen molar-refractivity contribution in [3.05, 3.63) is 34.6 Å². The second-order valence-corrected chi connectivity index (χ2v) is 10.1. The minimum atomic E-state index is -0.634. The van der Waals surface area contributed by atoms with Gasteiger partial charge in [0.2, 0.25) is 0 Å². The predicted molar refractivity (Wildman–Crippen MR) is 132 cm³/mol. The van der Waals surface area contributed by atoms with Gasteiger partial charge in [-0.05, 0) is 44.6 Å². The highest BCUT2D eigenvalue weighted by Crippen LogP contribution is 2.36. The maximum Gasteiger partial charge on any atom is 0.296 e. The highest BCUT2D eigenvalue weighted by Gasteiger charge is 2.48. The fraction of sp³-hybridized carbons (Fsp3) is 0.542. The standard InChI is InChI=1S/C24H29ClN6O5/c1-31(2)5-6-33-13-7-12-3-4-15(19(12)26-9-13)27-22-14(25)8-16-23(29-22)30-24(28-16)36-18-11-35-20-17(32)10-34-21(18)20/h7-9,15,17-18,20-21,32H,3-6,10-11H2,1-2H3,(H2,27,28,29,30)/t15?,17-,18-,20-,21-/m1/s1. The number of rotatable bonds is 8. The summed E-state index contributed by atoms with van der Waals surface area (Å²) in [6.45, 7) is 2.03. The molecule has 192 valence electrons. The summed E-state index contributed by atoms with van der Waals surface area (Å²) >= 11 is 6.56. The van der Waals surface area contributed by atoms with Gasteiger partial charge in [0.25, 0.3) is 6.01 Å². The molecular weight excluding hydrogens is 488 g/mol. The molecule has 0 bridgehead atoms. The van der Waals surface area contributed by atoms with E-state index < -0.39 is 6.10 Å². The Bertz CT molecular complexity index is 1260. The van der Waals surface area contributed by atoms with Crippen LogP contribution in [-0.4, -0.2) is 94.8 Å². The first-order chi connectivity index (χ1) is 17.4. The average molecular weight is 517 g/mol. The third-order valence-corrected chi connectivity index (χ3v) is 7.06. The van der Waals surface area contributed by atoms with Gasteiger partial charge in [-0.1, -0.05) is 11.6 Å². The Morgan fingerprint density at radius 3 is 2.94 bits per heavy atom. The van der Waals surface area contributed by atoms with Crippen LogP contribution in [0.25, 0.3) is 11.2 Å². The highest BCUT2D eigenvalue weighted by molar-refractivity contribution is 6.33. The predicted octanol–water partition coefficient (Wildman–Crippen LogP) is 1.95. The minimum Gasteiger partial charge on any atom is -0.491 e. The van der Waals surface area contributed by atoms with E-state index >= 15 is 0 Å². The Morgan fingerprint density at radius 2 is 2.08 bits per heavy atom. The number of halogens is 1. The molecule has 0 amide bonds. The van der Waals surface area contributed by atoms with E-state index in [9.17, 15) is 5.11 Å². The second-order valence-electron chi connectivity index (χ2n) is 9.65. The van der Waals surface area contributed by atoms with Crippen LogP contribution in [0.4, 0.5) is 5.82 Å². The molecule has 5 heterocycles. The van der Waals surface area contributed by atoms with Gasteiger partial charge in [-0.15, -0.1) is 0 Å². The minimum absolute atomic E-state index is 0.00792. The number of imidazole rings is 1. The molecule has 0 saturated carbocycles. The molecule has 6 rings (SSSR count). The van der Waals surface area contributed by atoms with Crippen LogP contribution in [-0.2, 0) is 15.9 Å². The van der Waals surface area contributed by atoms with Crippen molar-refractivity contribution in [1.29, 1.82) is 0 Å². The van der Waals surface area contributed by atoms with Crippen LogP contribution < -0.4 is 14.8 Å². The molecule has 3 aromatic rings. The lowest BCUT2D eigenvalue weighted by Crippen LogP contribution is -2.34. The number of aliphatic hydroxyl groups excluding tert-OH is 1. The fourth-order valence-corrected chi connectivity index (χ4v) is 5.13. The van der Waals surface area contributed by atoms with Crippen molar-refractivity contribution in [2.45, 2.75) is 43.3 Å². The van der Waals surface area contributed by atoms with E-state index in [4.69, 9.17) is 30.5 Å². The number of likely N-dealkylation sites (N-methyl/N-ethyl adjacent to an activating group) is 1. The van der Waals surface area contributed by atoms with Crippen LogP contribution in [0, 0.1) is 0 Å². The zero-order chi connectivity index (χ0) is 24.8. The molecule has 2 saturated heterocycles. The van der Waals surface area contributed by atoms with Gasteiger partial charge < -0.3 is 39.3 Å². The summed E-state index contributed by atoms with van der Waals surface area (Å²) in [5.74, 6) is 1.33. The largest absolute Gasteiger partial charge is 0.491 e. The Kier molecular flexibility index (Phi) is 6.34. The monoisotopic (exact) mass is 516 g/mol. The van der Waals surface area contributed by atoms with E-state index in [1.807, 2.05) is 14.1 Å². The van der Waals surface area contributed by atoms with Crippen LogP contribution in [0.15, 0.2) is 18.3 Å². The van der Waals surface area contributed by atoms with Gasteiger partial charge in [-0.25, -0.2) is 4.98 Å². The number of fused-ring (bicyclic) bond motifs is 3. The maximum absolute atomic E-state index is 9.93. The van der Waals surface area contributed by atoms with E-state index in [0.717, 1.165) is 30.8 Å². The summed E-state index contributed by atoms with van der Waals surface area (Å²) in [4.78, 5) is 19.0. The number of nitrogens with zero attached hydrogens (tertiary/aromatic N) is 4. The smallest absolute Gasteiger partial charge is 0.296 e. The lowest BCUT2D eigenvalue weighted by Gasteiger charge is -2.15. The van der Waals surface area contributed by atoms with Crippen molar-refractivity contribution >= 4 is 28.6 Å². The number of aromatic nitrogens is 4. The molecule has 11 nitrogen and oxygen atoms in total. The highest BCUT2D eigenvalue weighted by atomic mass is 35.5. The molecule has 0 aromatic carbocycles. The Morgan fingerprint density at radius 1 is 1.22 bits per heavy atom. The van der Waals surface area contributed by atoms with Crippen LogP contribution >= 0.6 is 11.6 Å². The van der Waals surface area contributed by atoms with Crippen molar-refractivity contribution in [2.24, 2.45) is 0 Å². The molecule has 36 heavy (non-hydrogen) atoms. The average Bonchev–Trinajstić information content (AvgIpc) is 3.60. The summed E-state index contributed by atoms with van der Waals surface area (Å²) in [7, 11) is 4.04. The number of H-pyrrole nitrogens is 1. The van der Waals surface area contributed by atoms with Crippen molar-refractivity contribution in [1.82, 2.24) is 24.8 Å². The topological polar surface area (TPSA) is 127 Å². The quantitative estimate of drug-likeness (QED) is 0.409. The summed E-state index contributed by atoms with van der Waals surface area (Å²) in [5, 5.41) is 13.8. The van der Waals surface area contributed by atoms with Gasteiger partial charge in [-0.3, -0.25) is 4.98 Å². The number of aryl methyl sites for hydroxylation is 1. The molecule has 2 fully saturated rings. The van der Waals surface area contributed by atoms with Gasteiger partial charge >= 0.3 is 0 Å². The number of aromatic amines is 1. The Balaban J connectivity index is 1.14. The van der Waals surface area contributed by atoms with Crippen molar-refractivity contribution in [2.75, 3.05) is 45.8 Å². The van der Waals surface area contributed by atoms with Crippen LogP contribution in [0.3, 0.4) is 0 Å². The number of pyridine rings is 2. The van der Waals surface area contributed by atoms with E-state index in [-0.39, 0.29) is 31.0 Å². The SMILES string of the molecule is CN(C)CCOc1cnc2c(c1)CCC2Nc1nc2nc(O[C@@H]3CO[C@H]4[C@@H]3OC[C@H]4O)[nH]c2cc1Cl. The van der Waals surface area contributed by atoms with Gasteiger partial charge in [0, 0.05) is 6.54 Å². The molecule has 0 radical (unpaired) electrons. The van der Waals surface area contributed by atoms with E-state index in [1.165, 1.54) is 5.56 Å². The number of aliphatic hydroxyl groups is 1. The molecule has 12 heteroatoms. The molecule has 2 aliphatic heterocycles. The lowest BCUT2D eigenvalue weighted by atomic mass is 10.1. The number of ether oxygens (including phenoxy) is 4. The molecule has 3 aliphatic rings. The van der Waals surface area contributed by atoms with E-state index in [0.29, 0.717) is 41.2 Å². The summed E-state index contributed by atoms with van der Waals surface area (Å²) < 4.78 is 23.1. The summed E-state index contributed by atoms with van der Waals surface area (Å²) in [6.07, 6.45) is 1.86. The first kappa shape index (κ1) is 23.7. The summed E-state index contributed by atoms with van der Waals surface area (Å²) in [6, 6.07) is 4.14. The zero-order valence-corrected chi connectivity index (χ0v) is 20.9. The normalized spacial score (nSPS) is 27.0. The molecule has 3 N–H and O–H groups in total. The zero-order valence-electron chi connectivity index (χ0n) is 20.1. The molecule has 3 aromatic heterocycles. The van der Waals surface area contributed by atoms with E-state index in [1.54, 1.807) is 12.3 Å². The summed E-state index contributed by atoms with van der Waals surface area (Å²) in [5.41, 5.74) is 3.29. The first-order valence-electron chi connectivity index (χ1n) is 12.1. The number of nitrogens with one attached hydrogen (secondary N) is 2. The van der Waals surface area contributed by atoms with E-state index in [2.05, 4.69) is 36.2 Å². The third-order valence-electron chi connectivity index (χ3n) is 6.78. The fourth-order valence-electron chi connectivity index (χ4n) is 4.92. The van der Waals surface area contributed by atoms with Gasteiger partial charge in [0.1, 0.15) is 36.5 Å². The number of anilines is 1. The lowest BCUT2D eigenvalue weighted by molar-refractivity contribution is 0.00706. The first-order valence-corrected chi connectivity index (χ1v) is 12.5. The Labute approximate surface area is 213 Å². The molecule has 1 aliphatic carbocycles. The van der Waals surface area contributed by atoms with Gasteiger partial charge in [0.05, 0.1) is 41.7 Å². The van der Waals surface area contributed by atoms with Crippen LogP contribution in [0.2, 0.25) is 5.02 Å². The number of hydrogen-bond donors (Lipinski definition) is 3. The third kappa shape index (κ3) is 4.57. The second kappa shape index (κ2) is 9.64. The Hall–Kier alpha value is -2.70. The maximum atomic E-state index is 9.93. The van der Waals surface area contributed by atoms with Gasteiger partial charge in [0.15, 0.2) is 11.8 Å². The van der Waals surface area contributed by atoms with Crippen molar-refractivity contribution < 1.29 is 24.1 Å². The van der Waals surface area contributed by atoms with Crippen molar-refractivity contribution in [3.8, 4) is 11.8 Å². The molecule has 0 spiro atoms. The number of hydrogen-bond acceptors (Lipinski definition) is 10. The van der Waals surface area contributed by atoms with Gasteiger partial charge in [-0.2, -0.15) is 4.98 Å². The molecule has 1 unspecified atom stereocenters. The van der Waals surface area contributed by atoms with Crippen LogP contribution in [0.1, 0.15) is 23.7 Å². The molecular formula is C24H29ClN6O5. The van der Waals surface area contributed by atoms with Crippen LogP contribution in [0.5, 0.6) is 11.8 Å². The van der Waals surface area contributed by atoms with Crippen molar-refractivity contribution in [3.63, 3.8) is 0 Å². The molecule has 5 atom stereocenters.